The number of carboxylic acids is 1. The summed E-state index contributed by atoms with van der Waals surface area (Å²) in [5, 5.41) is 40.9. The Kier molecular flexibility index (Phi) is 6.74. The molecule has 4 aliphatic rings. The second-order valence-electron chi connectivity index (χ2n) is 12.7. The van der Waals surface area contributed by atoms with Gasteiger partial charge in [-0.05, 0) is 93.5 Å². The molecule has 2 aromatic rings. The summed E-state index contributed by atoms with van der Waals surface area (Å²) in [5.41, 5.74) is -5.87. The molecule has 1 unspecified atom stereocenters. The highest BCUT2D eigenvalue weighted by Gasteiger charge is 2.76. The summed E-state index contributed by atoms with van der Waals surface area (Å²) < 4.78 is 28.9. The van der Waals surface area contributed by atoms with Crippen molar-refractivity contribution in [3.8, 4) is 23.3 Å². The van der Waals surface area contributed by atoms with Gasteiger partial charge in [-0.3, -0.25) is 4.79 Å². The molecule has 9 nitrogen and oxygen atoms in total. The van der Waals surface area contributed by atoms with E-state index >= 15 is 4.39 Å². The van der Waals surface area contributed by atoms with Crippen molar-refractivity contribution >= 4 is 17.7 Å². The van der Waals surface area contributed by atoms with Gasteiger partial charge < -0.3 is 24.8 Å². The number of benzene rings is 2. The molecule has 6 rings (SSSR count). The van der Waals surface area contributed by atoms with E-state index < -0.39 is 52.0 Å². The second kappa shape index (κ2) is 10.0. The fraction of sp³-hybridized carbons (Fsp3) is 0.412. The van der Waals surface area contributed by atoms with Crippen LogP contribution in [0.3, 0.4) is 0 Å². The van der Waals surface area contributed by atoms with Crippen LogP contribution in [0.4, 0.5) is 4.39 Å². The molecule has 7 atom stereocenters. The van der Waals surface area contributed by atoms with Crippen LogP contribution >= 0.6 is 0 Å². The van der Waals surface area contributed by atoms with Gasteiger partial charge in [0.25, 0.3) is 0 Å². The number of alkyl halides is 1. The zero-order valence-electron chi connectivity index (χ0n) is 24.2. The number of carbonyl (C=O) groups excluding carboxylic acids is 2. The number of fused-ring (bicyclic) bond motifs is 5. The molecule has 2 aromatic carbocycles. The Morgan fingerprint density at radius 3 is 2.45 bits per heavy atom. The summed E-state index contributed by atoms with van der Waals surface area (Å²) in [6.07, 6.45) is 3.55. The minimum absolute atomic E-state index is 0.0346. The third kappa shape index (κ3) is 4.02. The van der Waals surface area contributed by atoms with Crippen LogP contribution in [0.2, 0.25) is 0 Å². The number of hydrogen-bond acceptors (Lipinski definition) is 8. The number of hydrogen-bond donors (Lipinski definition) is 3. The second-order valence-corrected chi connectivity index (χ2v) is 12.7. The largest absolute Gasteiger partial charge is 0.507 e. The molecule has 10 heteroatoms. The SMILES string of the molecule is C[C@]12C=CC(=O)C=C1CC[C@H]1[C@@H]3CC[C@@](OC(=O)c4ccc(Oc5ccc(O)c(C#N)c5)cc4)(C(=O)O)[C@@]3(C)C[C@H](O)C12F. The lowest BCUT2D eigenvalue weighted by Gasteiger charge is -2.62. The topological polar surface area (TPSA) is 154 Å². The summed E-state index contributed by atoms with van der Waals surface area (Å²) >= 11 is 0. The monoisotopic (exact) mass is 601 g/mol. The van der Waals surface area contributed by atoms with Crippen LogP contribution in [0.5, 0.6) is 17.2 Å². The number of ether oxygens (including phenoxy) is 2. The maximum Gasteiger partial charge on any atom is 0.348 e. The number of esters is 1. The molecule has 0 radical (unpaired) electrons. The lowest BCUT2D eigenvalue weighted by molar-refractivity contribution is -0.222. The molecule has 0 heterocycles. The van der Waals surface area contributed by atoms with Gasteiger partial charge in [-0.2, -0.15) is 5.26 Å². The number of halogens is 1. The molecule has 0 aliphatic heterocycles. The van der Waals surface area contributed by atoms with Gasteiger partial charge in [0.1, 0.15) is 23.3 Å². The van der Waals surface area contributed by atoms with Crippen LogP contribution in [0.25, 0.3) is 0 Å². The first-order chi connectivity index (χ1) is 20.8. The van der Waals surface area contributed by atoms with Crippen LogP contribution in [-0.4, -0.2) is 50.4 Å². The highest BCUT2D eigenvalue weighted by Crippen LogP contribution is 2.70. The van der Waals surface area contributed by atoms with Crippen molar-refractivity contribution in [3.05, 3.63) is 77.4 Å². The molecule has 3 N–H and O–H groups in total. The van der Waals surface area contributed by atoms with Crippen LogP contribution < -0.4 is 4.74 Å². The number of phenols is 1. The zero-order valence-corrected chi connectivity index (χ0v) is 24.2. The maximum absolute atomic E-state index is 17.4. The first-order valence-corrected chi connectivity index (χ1v) is 14.6. The number of ketones is 1. The molecule has 3 saturated carbocycles. The Bertz CT molecular complexity index is 1680. The van der Waals surface area contributed by atoms with Crippen molar-refractivity contribution in [2.45, 2.75) is 63.3 Å². The predicted molar refractivity (Wildman–Crippen MR) is 153 cm³/mol. The zero-order chi connectivity index (χ0) is 31.7. The first kappa shape index (κ1) is 29.6. The fourth-order valence-corrected chi connectivity index (χ4v) is 8.44. The maximum atomic E-state index is 17.4. The predicted octanol–water partition coefficient (Wildman–Crippen LogP) is 5.41. The molecule has 0 saturated heterocycles. The summed E-state index contributed by atoms with van der Waals surface area (Å²) in [6, 6.07) is 11.8. The van der Waals surface area contributed by atoms with E-state index in [1.807, 2.05) is 6.07 Å². The average Bonchev–Trinajstić information content (AvgIpc) is 3.27. The van der Waals surface area contributed by atoms with Gasteiger partial charge in [-0.25, -0.2) is 14.0 Å². The van der Waals surface area contributed by atoms with Gasteiger partial charge in [0.15, 0.2) is 11.5 Å². The fourth-order valence-electron chi connectivity index (χ4n) is 8.44. The Balaban J connectivity index is 1.26. The average molecular weight is 602 g/mol. The van der Waals surface area contributed by atoms with Gasteiger partial charge in [-0.1, -0.05) is 18.6 Å². The Morgan fingerprint density at radius 1 is 1.07 bits per heavy atom. The van der Waals surface area contributed by atoms with Crippen molar-refractivity contribution < 1.29 is 43.6 Å². The number of phenolic OH excluding ortho intramolecular Hbond substituents is 1. The molecule has 0 bridgehead atoms. The van der Waals surface area contributed by atoms with E-state index in [9.17, 15) is 29.7 Å². The molecule has 228 valence electrons. The minimum atomic E-state index is -2.13. The van der Waals surface area contributed by atoms with Gasteiger partial charge >= 0.3 is 11.9 Å². The van der Waals surface area contributed by atoms with Crippen LogP contribution in [0.1, 0.15) is 61.9 Å². The smallest absolute Gasteiger partial charge is 0.348 e. The van der Waals surface area contributed by atoms with E-state index in [-0.39, 0.29) is 35.5 Å². The number of aliphatic hydroxyl groups excluding tert-OH is 1. The van der Waals surface area contributed by atoms with E-state index in [1.165, 1.54) is 54.6 Å². The Morgan fingerprint density at radius 2 is 1.77 bits per heavy atom. The lowest BCUT2D eigenvalue weighted by atomic mass is 9.45. The quantitative estimate of drug-likeness (QED) is 0.382. The molecule has 0 aromatic heterocycles. The molecule has 3 fully saturated rings. The number of nitriles is 1. The highest BCUT2D eigenvalue weighted by atomic mass is 19.1. The third-order valence-electron chi connectivity index (χ3n) is 10.8. The van der Waals surface area contributed by atoms with Gasteiger partial charge in [0.05, 0.1) is 17.2 Å². The van der Waals surface area contributed by atoms with E-state index in [2.05, 4.69) is 0 Å². The summed E-state index contributed by atoms with van der Waals surface area (Å²) in [5.74, 6) is -3.22. The molecular weight excluding hydrogens is 569 g/mol. The van der Waals surface area contributed by atoms with Gasteiger partial charge in [0.2, 0.25) is 5.60 Å². The standard InChI is InChI=1S/C34H32FNO8/c1-31-13-11-22(37)16-21(31)5-9-26-25-12-14-33(30(41)42,32(25,2)17-28(39)34(26,31)35)44-29(40)19-3-6-23(7-4-19)43-24-8-10-27(38)20(15-24)18-36/h3-4,6-8,10-11,13,15-16,25-26,28,38-39H,5,9,12,14,17H2,1-2H3,(H,41,42)/t25-,26-,28-,31-,32-,33+,34?/m0/s1. The van der Waals surface area contributed by atoms with E-state index in [1.54, 1.807) is 19.9 Å². The van der Waals surface area contributed by atoms with Gasteiger partial charge in [-0.15, -0.1) is 0 Å². The van der Waals surface area contributed by atoms with Crippen molar-refractivity contribution in [1.82, 2.24) is 0 Å². The van der Waals surface area contributed by atoms with Crippen molar-refractivity contribution in [2.75, 3.05) is 0 Å². The number of aliphatic carboxylic acids is 1. The number of carbonyl (C=O) groups is 3. The number of allylic oxidation sites excluding steroid dienone is 4. The molecule has 4 aliphatic carbocycles. The first-order valence-electron chi connectivity index (χ1n) is 14.6. The van der Waals surface area contributed by atoms with Crippen molar-refractivity contribution in [1.29, 1.82) is 5.26 Å². The summed E-state index contributed by atoms with van der Waals surface area (Å²) in [7, 11) is 0. The number of carboxylic acid groups (broad SMARTS) is 1. The van der Waals surface area contributed by atoms with Crippen LogP contribution in [0, 0.1) is 34.0 Å². The van der Waals surface area contributed by atoms with Crippen molar-refractivity contribution in [3.63, 3.8) is 0 Å². The number of rotatable bonds is 5. The molecule has 44 heavy (non-hydrogen) atoms. The number of aromatic hydroxyl groups is 1. The molecule has 0 amide bonds. The normalized spacial score (nSPS) is 35.4. The van der Waals surface area contributed by atoms with E-state index in [4.69, 9.17) is 14.7 Å². The van der Waals surface area contributed by atoms with Crippen LogP contribution in [0.15, 0.2) is 66.3 Å². The van der Waals surface area contributed by atoms with Crippen molar-refractivity contribution in [2.24, 2.45) is 22.7 Å². The Labute approximate surface area is 253 Å². The van der Waals surface area contributed by atoms with Gasteiger partial charge in [0, 0.05) is 22.8 Å². The summed E-state index contributed by atoms with van der Waals surface area (Å²) in [6.45, 7) is 3.36. The van der Waals surface area contributed by atoms with E-state index in [0.29, 0.717) is 36.3 Å². The summed E-state index contributed by atoms with van der Waals surface area (Å²) in [4.78, 5) is 38.5. The number of aliphatic hydroxyl groups is 1. The van der Waals surface area contributed by atoms with Crippen LogP contribution in [-0.2, 0) is 14.3 Å². The number of nitrogens with zero attached hydrogens (tertiary/aromatic N) is 1. The molecular formula is C34H32FNO8. The highest BCUT2D eigenvalue weighted by molar-refractivity contribution is 6.01. The molecule has 0 spiro atoms. The van der Waals surface area contributed by atoms with E-state index in [0.717, 1.165) is 0 Å². The lowest BCUT2D eigenvalue weighted by Crippen LogP contribution is -2.69. The Hall–Kier alpha value is -4.49. The minimum Gasteiger partial charge on any atom is -0.507 e. The third-order valence-corrected chi connectivity index (χ3v) is 10.8.